The molecule has 1 fully saturated rings. The lowest BCUT2D eigenvalue weighted by atomic mass is 9.89. The van der Waals surface area contributed by atoms with Gasteiger partial charge in [-0.15, -0.1) is 0 Å². The van der Waals surface area contributed by atoms with Gasteiger partial charge in [0.15, 0.2) is 0 Å². The highest BCUT2D eigenvalue weighted by molar-refractivity contribution is 5.94. The molecule has 0 unspecified atom stereocenters. The van der Waals surface area contributed by atoms with E-state index in [2.05, 4.69) is 31.0 Å². The second-order valence-electron chi connectivity index (χ2n) is 5.50. The molecule has 0 aliphatic carbocycles. The molecule has 2 N–H and O–H groups in total. The summed E-state index contributed by atoms with van der Waals surface area (Å²) in [6.45, 7) is 4.12. The number of nitrogens with two attached hydrogens (primary N) is 1. The van der Waals surface area contributed by atoms with Crippen molar-refractivity contribution in [3.63, 3.8) is 0 Å². The van der Waals surface area contributed by atoms with E-state index in [1.165, 1.54) is 11.1 Å². The first-order valence-electron chi connectivity index (χ1n) is 6.45. The lowest BCUT2D eigenvalue weighted by Gasteiger charge is -2.35. The maximum atomic E-state index is 11.7. The fraction of sp³-hybridized carbons (Fsp3) is 0.500. The van der Waals surface area contributed by atoms with Crippen molar-refractivity contribution in [1.82, 2.24) is 4.90 Å². The maximum Gasteiger partial charge on any atom is 0.319 e. The number of rotatable bonds is 0. The Morgan fingerprint density at radius 3 is 2.94 bits per heavy atom. The number of amides is 2. The number of urea groups is 1. The van der Waals surface area contributed by atoms with E-state index >= 15 is 0 Å². The van der Waals surface area contributed by atoms with Crippen LogP contribution in [0.3, 0.4) is 0 Å². The molecule has 1 aromatic carbocycles. The van der Waals surface area contributed by atoms with Crippen molar-refractivity contribution < 1.29 is 4.79 Å². The number of nitrogens with zero attached hydrogens (tertiary/aromatic N) is 2. The van der Waals surface area contributed by atoms with Gasteiger partial charge in [-0.3, -0.25) is 4.90 Å². The zero-order chi connectivity index (χ0) is 12.9. The highest BCUT2D eigenvalue weighted by Crippen LogP contribution is 2.44. The second kappa shape index (κ2) is 3.99. The van der Waals surface area contributed by atoms with Gasteiger partial charge < -0.3 is 10.6 Å². The number of hydrogen-bond acceptors (Lipinski definition) is 2. The molecule has 2 aliphatic rings. The lowest BCUT2D eigenvalue weighted by molar-refractivity contribution is 0.223. The number of fused-ring (bicyclic) bond motifs is 3. The number of carbonyl (C=O) groups is 1. The van der Waals surface area contributed by atoms with Gasteiger partial charge in [-0.1, -0.05) is 17.7 Å². The smallest absolute Gasteiger partial charge is 0.319 e. The van der Waals surface area contributed by atoms with Crippen LogP contribution in [0, 0.1) is 6.92 Å². The third-order valence-electron chi connectivity index (χ3n) is 4.19. The predicted octanol–water partition coefficient (Wildman–Crippen LogP) is 1.68. The van der Waals surface area contributed by atoms with Gasteiger partial charge in [0.05, 0.1) is 0 Å². The van der Waals surface area contributed by atoms with Gasteiger partial charge in [0.1, 0.15) is 0 Å². The number of benzene rings is 1. The highest BCUT2D eigenvalue weighted by atomic mass is 16.2. The summed E-state index contributed by atoms with van der Waals surface area (Å²) in [6, 6.07) is 6.21. The van der Waals surface area contributed by atoms with Gasteiger partial charge in [-0.2, -0.15) is 0 Å². The number of hydrogen-bond donors (Lipinski definition) is 1. The molecule has 4 heteroatoms. The number of anilines is 1. The molecule has 2 amide bonds. The summed E-state index contributed by atoms with van der Waals surface area (Å²) in [5, 5.41) is 0. The van der Waals surface area contributed by atoms with E-state index in [1.54, 1.807) is 4.90 Å². The fourth-order valence-electron chi connectivity index (χ4n) is 3.37. The van der Waals surface area contributed by atoms with Gasteiger partial charge >= 0.3 is 6.03 Å². The first kappa shape index (κ1) is 11.5. The molecule has 2 heterocycles. The molecule has 0 aromatic heterocycles. The largest absolute Gasteiger partial charge is 0.351 e. The second-order valence-corrected chi connectivity index (χ2v) is 5.50. The van der Waals surface area contributed by atoms with Crippen molar-refractivity contribution in [1.29, 1.82) is 0 Å². The predicted molar refractivity (Wildman–Crippen MR) is 71.9 cm³/mol. The van der Waals surface area contributed by atoms with Gasteiger partial charge in [0.25, 0.3) is 0 Å². The summed E-state index contributed by atoms with van der Waals surface area (Å²) in [4.78, 5) is 15.8. The molecule has 0 saturated carbocycles. The summed E-state index contributed by atoms with van der Waals surface area (Å²) in [5.41, 5.74) is 9.10. The Hall–Kier alpha value is -1.55. The normalized spacial score (nSPS) is 26.9. The highest BCUT2D eigenvalue weighted by Gasteiger charge is 2.43. The molecular weight excluding hydrogens is 226 g/mol. The molecule has 0 bridgehead atoms. The SMILES string of the molecule is Cc1ccc2c(c1)[C@@H]1CN(C)CC[C@H]1N2C(N)=O. The third kappa shape index (κ3) is 1.60. The van der Waals surface area contributed by atoms with Gasteiger partial charge in [0, 0.05) is 24.2 Å². The molecule has 0 spiro atoms. The third-order valence-corrected chi connectivity index (χ3v) is 4.19. The summed E-state index contributed by atoms with van der Waals surface area (Å²) in [5.74, 6) is 0.408. The number of aryl methyl sites for hydroxylation is 1. The van der Waals surface area contributed by atoms with Crippen LogP contribution in [0.15, 0.2) is 18.2 Å². The molecule has 4 nitrogen and oxygen atoms in total. The molecule has 1 aromatic rings. The molecule has 2 atom stereocenters. The molecule has 18 heavy (non-hydrogen) atoms. The number of carbonyl (C=O) groups excluding carboxylic acids is 1. The van der Waals surface area contributed by atoms with E-state index in [-0.39, 0.29) is 12.1 Å². The summed E-state index contributed by atoms with van der Waals surface area (Å²) >= 11 is 0. The first-order chi connectivity index (χ1) is 8.58. The number of likely N-dealkylation sites (N-methyl/N-ethyl adjacent to an activating group) is 1. The van der Waals surface area contributed by atoms with Crippen LogP contribution < -0.4 is 10.6 Å². The van der Waals surface area contributed by atoms with E-state index in [4.69, 9.17) is 5.73 Å². The van der Waals surface area contributed by atoms with Crippen molar-refractivity contribution in [3.8, 4) is 0 Å². The van der Waals surface area contributed by atoms with E-state index in [1.807, 2.05) is 6.07 Å². The molecular formula is C14H19N3O. The number of piperidine rings is 1. The minimum absolute atomic E-state index is 0.246. The minimum atomic E-state index is -0.322. The fourth-order valence-corrected chi connectivity index (χ4v) is 3.37. The standard InChI is InChI=1S/C14H19N3O/c1-9-3-4-12-10(7-9)11-8-16(2)6-5-13(11)17(12)14(15)18/h3-4,7,11,13H,5-6,8H2,1-2H3,(H2,15,18)/t11-,13+/m0/s1. The molecule has 1 saturated heterocycles. The lowest BCUT2D eigenvalue weighted by Crippen LogP contribution is -2.48. The topological polar surface area (TPSA) is 49.6 Å². The number of likely N-dealkylation sites (tertiary alicyclic amines) is 1. The van der Waals surface area contributed by atoms with Crippen LogP contribution in [-0.2, 0) is 0 Å². The van der Waals surface area contributed by atoms with Gasteiger partial charge in [0.2, 0.25) is 0 Å². The zero-order valence-electron chi connectivity index (χ0n) is 10.9. The molecule has 96 valence electrons. The Labute approximate surface area is 107 Å². The van der Waals surface area contributed by atoms with E-state index in [0.717, 1.165) is 25.2 Å². The van der Waals surface area contributed by atoms with Crippen molar-refractivity contribution in [2.45, 2.75) is 25.3 Å². The van der Waals surface area contributed by atoms with Crippen molar-refractivity contribution in [2.75, 3.05) is 25.0 Å². The van der Waals surface area contributed by atoms with Gasteiger partial charge in [-0.25, -0.2) is 4.79 Å². The molecule has 2 aliphatic heterocycles. The van der Waals surface area contributed by atoms with Crippen molar-refractivity contribution in [3.05, 3.63) is 29.3 Å². The van der Waals surface area contributed by atoms with E-state index in [0.29, 0.717) is 5.92 Å². The van der Waals surface area contributed by atoms with Crippen LogP contribution >= 0.6 is 0 Å². The summed E-state index contributed by atoms with van der Waals surface area (Å²) in [7, 11) is 2.14. The Morgan fingerprint density at radius 1 is 1.44 bits per heavy atom. The van der Waals surface area contributed by atoms with Crippen LogP contribution in [0.1, 0.15) is 23.5 Å². The number of primary amides is 1. The average Bonchev–Trinajstić information content (AvgIpc) is 2.62. The Kier molecular flexibility index (Phi) is 2.55. The van der Waals surface area contributed by atoms with Crippen LogP contribution in [0.25, 0.3) is 0 Å². The summed E-state index contributed by atoms with van der Waals surface area (Å²) < 4.78 is 0. The van der Waals surface area contributed by atoms with Crippen molar-refractivity contribution >= 4 is 11.7 Å². The molecule has 0 radical (unpaired) electrons. The monoisotopic (exact) mass is 245 g/mol. The average molecular weight is 245 g/mol. The van der Waals surface area contributed by atoms with E-state index < -0.39 is 0 Å². The summed E-state index contributed by atoms with van der Waals surface area (Å²) in [6.07, 6.45) is 0.998. The van der Waals surface area contributed by atoms with Crippen molar-refractivity contribution in [2.24, 2.45) is 5.73 Å². The Bertz CT molecular complexity index is 500. The first-order valence-corrected chi connectivity index (χ1v) is 6.45. The minimum Gasteiger partial charge on any atom is -0.351 e. The molecule has 3 rings (SSSR count). The quantitative estimate of drug-likeness (QED) is 0.756. The maximum absolute atomic E-state index is 11.7. The zero-order valence-corrected chi connectivity index (χ0v) is 10.9. The van der Waals surface area contributed by atoms with E-state index in [9.17, 15) is 4.79 Å². The van der Waals surface area contributed by atoms with Crippen LogP contribution in [0.2, 0.25) is 0 Å². The Morgan fingerprint density at radius 2 is 2.22 bits per heavy atom. The van der Waals surface area contributed by atoms with Crippen LogP contribution in [0.5, 0.6) is 0 Å². The van der Waals surface area contributed by atoms with Gasteiger partial charge in [-0.05, 0) is 38.6 Å². The van der Waals surface area contributed by atoms with Crippen LogP contribution in [0.4, 0.5) is 10.5 Å². The van der Waals surface area contributed by atoms with Crippen LogP contribution in [-0.4, -0.2) is 37.1 Å². The Balaban J connectivity index is 2.09.